The molecular weight excluding hydrogens is 453 g/mol. The van der Waals surface area contributed by atoms with Crippen molar-refractivity contribution in [1.29, 1.82) is 0 Å². The number of rotatable bonds is 8. The van der Waals surface area contributed by atoms with Gasteiger partial charge >= 0.3 is 5.97 Å². The van der Waals surface area contributed by atoms with Crippen LogP contribution < -0.4 is 0 Å². The quantitative estimate of drug-likeness (QED) is 0.424. The standard InChI is InChI=1S/C30H36FN3O2/c31-25-5-3-4-22(16-25)26-17-23(27(30(35)36)14-20-7-8-20)15-24(26)19-33-12-9-21(10-13-33)28-18-32-29-6-1-2-11-34(28)29/h1-6,11,16,18,20-21,23-24,26-27H,7-10,12-15,17,19H2,(H,35,36)/t23?,24?,26?,27-/m0/s1. The molecule has 4 atom stereocenters. The average Bonchev–Trinajstić information content (AvgIpc) is 3.46. The van der Waals surface area contributed by atoms with Crippen LogP contribution in [0.25, 0.3) is 5.65 Å². The van der Waals surface area contributed by atoms with Gasteiger partial charge in [-0.2, -0.15) is 0 Å². The van der Waals surface area contributed by atoms with Gasteiger partial charge in [0.15, 0.2) is 0 Å². The fraction of sp³-hybridized carbons (Fsp3) is 0.533. The summed E-state index contributed by atoms with van der Waals surface area (Å²) in [5.41, 5.74) is 3.34. The molecule has 5 nitrogen and oxygen atoms in total. The zero-order valence-electron chi connectivity index (χ0n) is 20.8. The van der Waals surface area contributed by atoms with Crippen molar-refractivity contribution < 1.29 is 14.3 Å². The third-order valence-electron chi connectivity index (χ3n) is 9.12. The van der Waals surface area contributed by atoms with Crippen LogP contribution in [-0.2, 0) is 4.79 Å². The number of imidazole rings is 1. The van der Waals surface area contributed by atoms with Gasteiger partial charge in [0.2, 0.25) is 0 Å². The van der Waals surface area contributed by atoms with E-state index in [4.69, 9.17) is 0 Å². The molecule has 6 heteroatoms. The van der Waals surface area contributed by atoms with Crippen LogP contribution in [-0.4, -0.2) is 45.0 Å². The van der Waals surface area contributed by atoms with E-state index in [9.17, 15) is 14.3 Å². The highest BCUT2D eigenvalue weighted by atomic mass is 19.1. The molecule has 2 aliphatic carbocycles. The Labute approximate surface area is 212 Å². The highest BCUT2D eigenvalue weighted by Gasteiger charge is 2.43. The van der Waals surface area contributed by atoms with Crippen LogP contribution >= 0.6 is 0 Å². The molecule has 190 valence electrons. The highest BCUT2D eigenvalue weighted by molar-refractivity contribution is 5.70. The monoisotopic (exact) mass is 489 g/mol. The van der Waals surface area contributed by atoms with Crippen LogP contribution in [0.2, 0.25) is 0 Å². The fourth-order valence-electron chi connectivity index (χ4n) is 7.05. The zero-order valence-corrected chi connectivity index (χ0v) is 20.8. The van der Waals surface area contributed by atoms with Crippen molar-refractivity contribution in [2.75, 3.05) is 19.6 Å². The summed E-state index contributed by atoms with van der Waals surface area (Å²) in [6, 6.07) is 13.2. The first-order valence-corrected chi connectivity index (χ1v) is 13.7. The van der Waals surface area contributed by atoms with Crippen molar-refractivity contribution in [3.05, 3.63) is 71.9 Å². The lowest BCUT2D eigenvalue weighted by atomic mass is 9.85. The molecular formula is C30H36FN3O2. The molecule has 1 aliphatic heterocycles. The van der Waals surface area contributed by atoms with Crippen LogP contribution in [0.1, 0.15) is 68.0 Å². The second-order valence-electron chi connectivity index (χ2n) is 11.5. The first kappa shape index (κ1) is 23.7. The molecule has 0 amide bonds. The van der Waals surface area contributed by atoms with Gasteiger partial charge < -0.3 is 14.4 Å². The van der Waals surface area contributed by atoms with Crippen molar-refractivity contribution >= 4 is 11.6 Å². The van der Waals surface area contributed by atoms with Crippen molar-refractivity contribution in [2.45, 2.75) is 56.8 Å². The summed E-state index contributed by atoms with van der Waals surface area (Å²) in [4.78, 5) is 19.4. The van der Waals surface area contributed by atoms with E-state index in [2.05, 4.69) is 32.6 Å². The molecule has 1 N–H and O–H groups in total. The fourth-order valence-corrected chi connectivity index (χ4v) is 7.05. The molecule has 3 unspecified atom stereocenters. The molecule has 0 spiro atoms. The largest absolute Gasteiger partial charge is 0.481 e. The van der Waals surface area contributed by atoms with E-state index in [-0.39, 0.29) is 23.6 Å². The van der Waals surface area contributed by atoms with E-state index in [1.807, 2.05) is 18.3 Å². The number of carboxylic acid groups (broad SMARTS) is 1. The van der Waals surface area contributed by atoms with Crippen LogP contribution in [0.3, 0.4) is 0 Å². The van der Waals surface area contributed by atoms with Crippen LogP contribution in [0, 0.1) is 29.5 Å². The lowest BCUT2D eigenvalue weighted by Gasteiger charge is -2.35. The Balaban J connectivity index is 1.15. The van der Waals surface area contributed by atoms with Gasteiger partial charge in [-0.3, -0.25) is 4.79 Å². The predicted octanol–water partition coefficient (Wildman–Crippen LogP) is 5.96. The van der Waals surface area contributed by atoms with Gasteiger partial charge in [-0.05, 0) is 98.7 Å². The van der Waals surface area contributed by atoms with Crippen molar-refractivity contribution in [3.63, 3.8) is 0 Å². The number of carboxylic acids is 1. The number of halogens is 1. The minimum absolute atomic E-state index is 0.178. The van der Waals surface area contributed by atoms with Gasteiger partial charge in [-0.1, -0.05) is 31.0 Å². The van der Waals surface area contributed by atoms with Gasteiger partial charge in [-0.25, -0.2) is 9.37 Å². The van der Waals surface area contributed by atoms with Gasteiger partial charge in [-0.15, -0.1) is 0 Å². The molecule has 0 bridgehead atoms. The number of fused-ring (bicyclic) bond motifs is 1. The van der Waals surface area contributed by atoms with E-state index in [0.717, 1.165) is 62.9 Å². The van der Waals surface area contributed by atoms with Crippen LogP contribution in [0.5, 0.6) is 0 Å². The number of pyridine rings is 1. The van der Waals surface area contributed by atoms with Gasteiger partial charge in [0.05, 0.1) is 5.92 Å². The minimum atomic E-state index is -0.639. The second kappa shape index (κ2) is 9.97. The van der Waals surface area contributed by atoms with E-state index >= 15 is 0 Å². The molecule has 3 aromatic rings. The SMILES string of the molecule is O=C(O)[C@@H](CC1CC1)C1CC(CN2CCC(c3cnc4ccccn34)CC2)C(c2cccc(F)c2)C1. The van der Waals surface area contributed by atoms with Gasteiger partial charge in [0, 0.05) is 30.6 Å². The van der Waals surface area contributed by atoms with Gasteiger partial charge in [0.25, 0.3) is 0 Å². The summed E-state index contributed by atoms with van der Waals surface area (Å²) < 4.78 is 16.4. The number of aliphatic carboxylic acids is 1. The number of likely N-dealkylation sites (tertiary alicyclic amines) is 1. The first-order chi connectivity index (χ1) is 17.5. The van der Waals surface area contributed by atoms with E-state index in [1.54, 1.807) is 12.1 Å². The molecule has 3 fully saturated rings. The summed E-state index contributed by atoms with van der Waals surface area (Å²) >= 11 is 0. The number of hydrogen-bond acceptors (Lipinski definition) is 3. The number of carbonyl (C=O) groups is 1. The maximum atomic E-state index is 14.1. The maximum absolute atomic E-state index is 14.1. The molecule has 3 aliphatic rings. The Morgan fingerprint density at radius 1 is 1.08 bits per heavy atom. The topological polar surface area (TPSA) is 57.8 Å². The molecule has 1 aromatic carbocycles. The highest BCUT2D eigenvalue weighted by Crippen LogP contribution is 2.49. The lowest BCUT2D eigenvalue weighted by molar-refractivity contribution is -0.144. The number of piperidine rings is 1. The molecule has 6 rings (SSSR count). The molecule has 2 saturated carbocycles. The van der Waals surface area contributed by atoms with Crippen molar-refractivity contribution in [1.82, 2.24) is 14.3 Å². The summed E-state index contributed by atoms with van der Waals surface area (Å²) in [5.74, 6) is 0.765. The molecule has 36 heavy (non-hydrogen) atoms. The maximum Gasteiger partial charge on any atom is 0.306 e. The molecule has 0 radical (unpaired) electrons. The summed E-state index contributed by atoms with van der Waals surface area (Å²) in [6.45, 7) is 3.03. The third-order valence-corrected chi connectivity index (χ3v) is 9.12. The van der Waals surface area contributed by atoms with Crippen LogP contribution in [0.15, 0.2) is 54.9 Å². The number of hydrogen-bond donors (Lipinski definition) is 1. The minimum Gasteiger partial charge on any atom is -0.481 e. The third kappa shape index (κ3) is 4.93. The Hall–Kier alpha value is -2.73. The second-order valence-corrected chi connectivity index (χ2v) is 11.5. The average molecular weight is 490 g/mol. The van der Waals surface area contributed by atoms with Crippen molar-refractivity contribution in [3.8, 4) is 0 Å². The van der Waals surface area contributed by atoms with E-state index < -0.39 is 5.97 Å². The Morgan fingerprint density at radius 2 is 1.92 bits per heavy atom. The van der Waals surface area contributed by atoms with Gasteiger partial charge in [0.1, 0.15) is 11.5 Å². The number of nitrogens with zero attached hydrogens (tertiary/aromatic N) is 3. The van der Waals surface area contributed by atoms with Crippen LogP contribution in [0.4, 0.5) is 4.39 Å². The summed E-state index contributed by atoms with van der Waals surface area (Å²) in [7, 11) is 0. The molecule has 1 saturated heterocycles. The smallest absolute Gasteiger partial charge is 0.306 e. The zero-order chi connectivity index (χ0) is 24.6. The Morgan fingerprint density at radius 3 is 2.67 bits per heavy atom. The number of benzene rings is 1. The summed E-state index contributed by atoms with van der Waals surface area (Å²) in [5, 5.41) is 10.0. The van der Waals surface area contributed by atoms with E-state index in [1.165, 1.54) is 24.6 Å². The first-order valence-electron chi connectivity index (χ1n) is 13.7. The summed E-state index contributed by atoms with van der Waals surface area (Å²) in [6.07, 6.45) is 11.3. The molecule has 2 aromatic heterocycles. The lowest BCUT2D eigenvalue weighted by Crippen LogP contribution is -2.37. The van der Waals surface area contributed by atoms with Crippen molar-refractivity contribution in [2.24, 2.45) is 23.7 Å². The molecule has 3 heterocycles. The normalized spacial score (nSPS) is 26.4. The van der Waals surface area contributed by atoms with E-state index in [0.29, 0.717) is 17.8 Å². The number of aromatic nitrogens is 2. The predicted molar refractivity (Wildman–Crippen MR) is 137 cm³/mol. The Kier molecular flexibility index (Phi) is 6.55. The Bertz CT molecular complexity index is 1210.